The first kappa shape index (κ1) is 12.7. The molecule has 0 spiro atoms. The molecular weight excluding hydrogens is 212 g/mol. The number of rotatable bonds is 6. The van der Waals surface area contributed by atoms with Crippen molar-refractivity contribution in [2.24, 2.45) is 11.7 Å². The first-order chi connectivity index (χ1) is 8.10. The normalized spacial score (nSPS) is 16.1. The maximum Gasteiger partial charge on any atom is 0.118 e. The summed E-state index contributed by atoms with van der Waals surface area (Å²) >= 11 is 0. The first-order valence-corrected chi connectivity index (χ1v) is 6.62. The predicted molar refractivity (Wildman–Crippen MR) is 69.6 cm³/mol. The zero-order valence-corrected chi connectivity index (χ0v) is 11.2. The summed E-state index contributed by atoms with van der Waals surface area (Å²) in [6.45, 7) is 9.28. The molecule has 3 heteroatoms. The van der Waals surface area contributed by atoms with Crippen molar-refractivity contribution in [1.82, 2.24) is 4.90 Å². The zero-order valence-electron chi connectivity index (χ0n) is 11.2. The summed E-state index contributed by atoms with van der Waals surface area (Å²) in [5.74, 6) is 2.65. The third-order valence-electron chi connectivity index (χ3n) is 3.31. The molecule has 0 saturated heterocycles. The summed E-state index contributed by atoms with van der Waals surface area (Å²) in [4.78, 5) is 2.59. The first-order valence-electron chi connectivity index (χ1n) is 6.62. The van der Waals surface area contributed by atoms with Gasteiger partial charge in [-0.1, -0.05) is 13.8 Å². The summed E-state index contributed by atoms with van der Waals surface area (Å²) in [6.07, 6.45) is 2.71. The van der Waals surface area contributed by atoms with Crippen LogP contribution in [-0.2, 0) is 13.1 Å². The number of nitrogens with two attached hydrogens (primary N) is 1. The number of hydrogen-bond acceptors (Lipinski definition) is 3. The van der Waals surface area contributed by atoms with Crippen LogP contribution in [0.5, 0.6) is 0 Å². The molecule has 1 heterocycles. The number of furan rings is 1. The van der Waals surface area contributed by atoms with E-state index in [0.717, 1.165) is 30.0 Å². The van der Waals surface area contributed by atoms with Gasteiger partial charge in [0.25, 0.3) is 0 Å². The lowest BCUT2D eigenvalue weighted by atomic mass is 10.1. The highest BCUT2D eigenvalue weighted by molar-refractivity contribution is 5.21. The van der Waals surface area contributed by atoms with Gasteiger partial charge in [0, 0.05) is 24.7 Å². The largest absolute Gasteiger partial charge is 0.465 e. The van der Waals surface area contributed by atoms with E-state index in [1.807, 2.05) is 6.92 Å². The highest BCUT2D eigenvalue weighted by Crippen LogP contribution is 2.30. The van der Waals surface area contributed by atoms with Crippen LogP contribution in [-0.4, -0.2) is 17.5 Å². The molecule has 96 valence electrons. The standard InChI is InChI=1S/C14H24N2O/c1-10(2)8-16(13-4-5-13)9-12-6-14(7-15)17-11(12)3/h6,10,13H,4-5,7-9,15H2,1-3H3. The van der Waals surface area contributed by atoms with E-state index in [-0.39, 0.29) is 0 Å². The molecule has 2 rings (SSSR count). The fourth-order valence-corrected chi connectivity index (χ4v) is 2.32. The molecule has 0 aliphatic heterocycles. The van der Waals surface area contributed by atoms with Crippen LogP contribution in [0.4, 0.5) is 0 Å². The van der Waals surface area contributed by atoms with Crippen LogP contribution in [0.25, 0.3) is 0 Å². The van der Waals surface area contributed by atoms with Crippen LogP contribution < -0.4 is 5.73 Å². The Balaban J connectivity index is 2.03. The molecule has 0 unspecified atom stereocenters. The molecule has 0 amide bonds. The molecule has 1 aromatic heterocycles. The topological polar surface area (TPSA) is 42.4 Å². The van der Waals surface area contributed by atoms with Gasteiger partial charge < -0.3 is 10.2 Å². The van der Waals surface area contributed by atoms with Crippen molar-refractivity contribution in [1.29, 1.82) is 0 Å². The van der Waals surface area contributed by atoms with Gasteiger partial charge in [-0.05, 0) is 31.7 Å². The van der Waals surface area contributed by atoms with E-state index in [2.05, 4.69) is 24.8 Å². The summed E-state index contributed by atoms with van der Waals surface area (Å²) in [6, 6.07) is 2.92. The minimum Gasteiger partial charge on any atom is -0.465 e. The van der Waals surface area contributed by atoms with Gasteiger partial charge in [-0.25, -0.2) is 0 Å². The summed E-state index contributed by atoms with van der Waals surface area (Å²) in [7, 11) is 0. The smallest absolute Gasteiger partial charge is 0.118 e. The summed E-state index contributed by atoms with van der Waals surface area (Å²) in [5, 5.41) is 0. The van der Waals surface area contributed by atoms with Crippen LogP contribution in [0, 0.1) is 12.8 Å². The monoisotopic (exact) mass is 236 g/mol. The second-order valence-electron chi connectivity index (χ2n) is 5.55. The molecule has 2 N–H and O–H groups in total. The lowest BCUT2D eigenvalue weighted by Crippen LogP contribution is -2.29. The van der Waals surface area contributed by atoms with E-state index in [9.17, 15) is 0 Å². The molecule has 0 atom stereocenters. The Morgan fingerprint density at radius 3 is 2.65 bits per heavy atom. The fraction of sp³-hybridized carbons (Fsp3) is 0.714. The molecule has 1 aromatic rings. The average molecular weight is 236 g/mol. The van der Waals surface area contributed by atoms with Crippen molar-refractivity contribution < 1.29 is 4.42 Å². The van der Waals surface area contributed by atoms with Crippen LogP contribution in [0.1, 0.15) is 43.8 Å². The van der Waals surface area contributed by atoms with Gasteiger partial charge in [0.05, 0.1) is 6.54 Å². The Hall–Kier alpha value is -0.800. The third kappa shape index (κ3) is 3.33. The van der Waals surface area contributed by atoms with Crippen molar-refractivity contribution >= 4 is 0 Å². The van der Waals surface area contributed by atoms with E-state index in [0.29, 0.717) is 6.54 Å². The van der Waals surface area contributed by atoms with Gasteiger partial charge in [-0.3, -0.25) is 4.90 Å². The van der Waals surface area contributed by atoms with Crippen LogP contribution in [0.15, 0.2) is 10.5 Å². The maximum absolute atomic E-state index is 5.62. The second kappa shape index (κ2) is 5.23. The van der Waals surface area contributed by atoms with Crippen LogP contribution >= 0.6 is 0 Å². The van der Waals surface area contributed by atoms with Gasteiger partial charge in [-0.2, -0.15) is 0 Å². The average Bonchev–Trinajstić information content (AvgIpc) is 3.04. The Morgan fingerprint density at radius 2 is 2.18 bits per heavy atom. The molecule has 1 saturated carbocycles. The van der Waals surface area contributed by atoms with E-state index >= 15 is 0 Å². The Morgan fingerprint density at radius 1 is 1.47 bits per heavy atom. The Bertz CT molecular complexity index is 366. The lowest BCUT2D eigenvalue weighted by molar-refractivity contribution is 0.225. The van der Waals surface area contributed by atoms with Crippen molar-refractivity contribution in [3.8, 4) is 0 Å². The van der Waals surface area contributed by atoms with Crippen molar-refractivity contribution in [3.63, 3.8) is 0 Å². The van der Waals surface area contributed by atoms with Gasteiger partial charge in [0.2, 0.25) is 0 Å². The maximum atomic E-state index is 5.62. The molecule has 3 nitrogen and oxygen atoms in total. The van der Waals surface area contributed by atoms with E-state index in [1.54, 1.807) is 0 Å². The van der Waals surface area contributed by atoms with Crippen molar-refractivity contribution in [2.45, 2.75) is 52.7 Å². The number of nitrogens with zero attached hydrogens (tertiary/aromatic N) is 1. The quantitative estimate of drug-likeness (QED) is 0.825. The molecule has 0 bridgehead atoms. The predicted octanol–water partition coefficient (Wildman–Crippen LogP) is 2.67. The zero-order chi connectivity index (χ0) is 12.4. The Labute approximate surface area is 104 Å². The minimum absolute atomic E-state index is 0.494. The third-order valence-corrected chi connectivity index (χ3v) is 3.31. The van der Waals surface area contributed by atoms with Gasteiger partial charge in [0.1, 0.15) is 11.5 Å². The van der Waals surface area contributed by atoms with Crippen molar-refractivity contribution in [2.75, 3.05) is 6.54 Å². The molecule has 0 aromatic carbocycles. The van der Waals surface area contributed by atoms with Gasteiger partial charge in [-0.15, -0.1) is 0 Å². The van der Waals surface area contributed by atoms with Crippen LogP contribution in [0.3, 0.4) is 0 Å². The lowest BCUT2D eigenvalue weighted by Gasteiger charge is -2.23. The molecule has 1 fully saturated rings. The molecule has 1 aliphatic carbocycles. The number of hydrogen-bond donors (Lipinski definition) is 1. The van der Waals surface area contributed by atoms with Gasteiger partial charge >= 0.3 is 0 Å². The number of aryl methyl sites for hydroxylation is 1. The highest BCUT2D eigenvalue weighted by atomic mass is 16.3. The van der Waals surface area contributed by atoms with Crippen molar-refractivity contribution in [3.05, 3.63) is 23.2 Å². The molecular formula is C14H24N2O. The fourth-order valence-electron chi connectivity index (χ4n) is 2.32. The SMILES string of the molecule is Cc1oc(CN)cc1CN(CC(C)C)C1CC1. The second-order valence-corrected chi connectivity index (χ2v) is 5.55. The van der Waals surface area contributed by atoms with E-state index in [1.165, 1.54) is 24.9 Å². The van der Waals surface area contributed by atoms with E-state index < -0.39 is 0 Å². The molecule has 1 aliphatic rings. The summed E-state index contributed by atoms with van der Waals surface area (Å²) < 4.78 is 5.62. The minimum atomic E-state index is 0.494. The Kier molecular flexibility index (Phi) is 3.89. The molecule has 0 radical (unpaired) electrons. The summed E-state index contributed by atoms with van der Waals surface area (Å²) in [5.41, 5.74) is 6.91. The van der Waals surface area contributed by atoms with E-state index in [4.69, 9.17) is 10.2 Å². The van der Waals surface area contributed by atoms with Gasteiger partial charge in [0.15, 0.2) is 0 Å². The highest BCUT2D eigenvalue weighted by Gasteiger charge is 2.29. The van der Waals surface area contributed by atoms with Crippen LogP contribution in [0.2, 0.25) is 0 Å². The molecule has 17 heavy (non-hydrogen) atoms.